The van der Waals surface area contributed by atoms with Gasteiger partial charge in [-0.25, -0.2) is 5.84 Å². The Morgan fingerprint density at radius 1 is 1.15 bits per heavy atom. The van der Waals surface area contributed by atoms with Crippen molar-refractivity contribution in [3.8, 4) is 0 Å². The maximum absolute atomic E-state index is 12.5. The second-order valence-electron chi connectivity index (χ2n) is 4.19. The zero-order valence-electron chi connectivity index (χ0n) is 10.4. The van der Waals surface area contributed by atoms with E-state index in [0.717, 1.165) is 0 Å². The van der Waals surface area contributed by atoms with Gasteiger partial charge >= 0.3 is 0 Å². The molecule has 6 heteroatoms. The highest BCUT2D eigenvalue weighted by Crippen LogP contribution is 2.23. The van der Waals surface area contributed by atoms with Gasteiger partial charge in [-0.05, 0) is 17.5 Å². The molecule has 0 spiro atoms. The zero-order valence-corrected chi connectivity index (χ0v) is 11.2. The first kappa shape index (κ1) is 12.6. The molecule has 5 nitrogen and oxygen atoms in total. The molecular formula is C14H11N3O2S. The highest BCUT2D eigenvalue weighted by atomic mass is 32.1. The number of nitrogens with one attached hydrogen (secondary N) is 1. The van der Waals surface area contributed by atoms with Crippen molar-refractivity contribution in [1.29, 1.82) is 0 Å². The van der Waals surface area contributed by atoms with Crippen LogP contribution in [0.15, 0.2) is 48.0 Å². The number of benzene rings is 1. The van der Waals surface area contributed by atoms with Crippen molar-refractivity contribution in [2.24, 2.45) is 5.84 Å². The SMILES string of the molecule is NNC(=O)c1cn(C(=O)c2cccs2)c2ccccc12. The fourth-order valence-corrected chi connectivity index (χ4v) is 2.79. The second kappa shape index (κ2) is 4.92. The van der Waals surface area contributed by atoms with Crippen LogP contribution >= 0.6 is 11.3 Å². The van der Waals surface area contributed by atoms with E-state index in [1.165, 1.54) is 22.1 Å². The summed E-state index contributed by atoms with van der Waals surface area (Å²) in [4.78, 5) is 24.9. The Bertz CT molecular complexity index is 790. The molecule has 3 aromatic rings. The summed E-state index contributed by atoms with van der Waals surface area (Å²) < 4.78 is 1.48. The molecule has 1 aromatic carbocycles. The number of amides is 1. The predicted octanol–water partition coefficient (Wildman–Crippen LogP) is 1.99. The fourth-order valence-electron chi connectivity index (χ4n) is 2.13. The highest BCUT2D eigenvalue weighted by Gasteiger charge is 2.18. The van der Waals surface area contributed by atoms with Crippen LogP contribution < -0.4 is 11.3 Å². The molecule has 0 saturated carbocycles. The Hall–Kier alpha value is -2.44. The highest BCUT2D eigenvalue weighted by molar-refractivity contribution is 7.12. The molecule has 2 aromatic heterocycles. The molecule has 0 aliphatic rings. The van der Waals surface area contributed by atoms with Gasteiger partial charge in [0.15, 0.2) is 0 Å². The van der Waals surface area contributed by atoms with Gasteiger partial charge in [-0.15, -0.1) is 11.3 Å². The van der Waals surface area contributed by atoms with Crippen LogP contribution in [0.4, 0.5) is 0 Å². The summed E-state index contributed by atoms with van der Waals surface area (Å²) in [5.41, 5.74) is 3.17. The van der Waals surface area contributed by atoms with Gasteiger partial charge < -0.3 is 0 Å². The van der Waals surface area contributed by atoms with E-state index in [9.17, 15) is 9.59 Å². The van der Waals surface area contributed by atoms with Gasteiger partial charge in [0.2, 0.25) is 0 Å². The van der Waals surface area contributed by atoms with Crippen molar-refractivity contribution in [1.82, 2.24) is 9.99 Å². The number of hydrogen-bond acceptors (Lipinski definition) is 4. The average molecular weight is 285 g/mol. The molecule has 3 N–H and O–H groups in total. The van der Waals surface area contributed by atoms with Crippen LogP contribution in [0, 0.1) is 0 Å². The molecule has 0 unspecified atom stereocenters. The van der Waals surface area contributed by atoms with Crippen molar-refractivity contribution < 1.29 is 9.59 Å². The Kier molecular flexibility index (Phi) is 3.09. The molecular weight excluding hydrogens is 274 g/mol. The lowest BCUT2D eigenvalue weighted by atomic mass is 10.2. The summed E-state index contributed by atoms with van der Waals surface area (Å²) in [5, 5.41) is 2.53. The number of rotatable bonds is 2. The lowest BCUT2D eigenvalue weighted by Gasteiger charge is -2.00. The van der Waals surface area contributed by atoms with Crippen molar-refractivity contribution in [2.45, 2.75) is 0 Å². The van der Waals surface area contributed by atoms with E-state index < -0.39 is 5.91 Å². The van der Waals surface area contributed by atoms with E-state index in [0.29, 0.717) is 21.3 Å². The van der Waals surface area contributed by atoms with Crippen LogP contribution in [-0.4, -0.2) is 16.4 Å². The van der Waals surface area contributed by atoms with E-state index in [2.05, 4.69) is 5.43 Å². The van der Waals surface area contributed by atoms with Gasteiger partial charge in [0.25, 0.3) is 11.8 Å². The third-order valence-corrected chi connectivity index (χ3v) is 3.90. The molecule has 100 valence electrons. The summed E-state index contributed by atoms with van der Waals surface area (Å²) >= 11 is 1.36. The number of nitrogen functional groups attached to an aromatic ring is 1. The minimum Gasteiger partial charge on any atom is -0.290 e. The first-order valence-corrected chi connectivity index (χ1v) is 6.79. The number of nitrogens with two attached hydrogens (primary N) is 1. The lowest BCUT2D eigenvalue weighted by Crippen LogP contribution is -2.29. The third-order valence-electron chi connectivity index (χ3n) is 3.04. The summed E-state index contributed by atoms with van der Waals surface area (Å²) in [5.74, 6) is 4.61. The largest absolute Gasteiger partial charge is 0.290 e. The zero-order chi connectivity index (χ0) is 14.1. The Balaban J connectivity index is 2.21. The summed E-state index contributed by atoms with van der Waals surface area (Å²) in [7, 11) is 0. The number of hydrazine groups is 1. The smallest absolute Gasteiger partial charge is 0.272 e. The number of thiophene rings is 1. The summed E-state index contributed by atoms with van der Waals surface area (Å²) in [6, 6.07) is 10.8. The number of carbonyl (C=O) groups is 2. The van der Waals surface area contributed by atoms with Gasteiger partial charge in [0, 0.05) is 11.6 Å². The van der Waals surface area contributed by atoms with Crippen LogP contribution in [0.25, 0.3) is 10.9 Å². The summed E-state index contributed by atoms with van der Waals surface area (Å²) in [6.45, 7) is 0. The third kappa shape index (κ3) is 1.91. The number of nitrogens with zero attached hydrogens (tertiary/aromatic N) is 1. The Morgan fingerprint density at radius 2 is 1.95 bits per heavy atom. The molecule has 0 atom stereocenters. The van der Waals surface area contributed by atoms with E-state index in [4.69, 9.17) is 5.84 Å². The number of para-hydroxylation sites is 1. The Morgan fingerprint density at radius 3 is 2.65 bits per heavy atom. The molecule has 20 heavy (non-hydrogen) atoms. The number of fused-ring (bicyclic) bond motifs is 1. The molecule has 2 heterocycles. The topological polar surface area (TPSA) is 77.1 Å². The first-order valence-electron chi connectivity index (χ1n) is 5.91. The van der Waals surface area contributed by atoms with Gasteiger partial charge in [-0.2, -0.15) is 0 Å². The molecule has 0 saturated heterocycles. The van der Waals surface area contributed by atoms with Crippen molar-refractivity contribution >= 4 is 34.1 Å². The van der Waals surface area contributed by atoms with Gasteiger partial charge in [-0.3, -0.25) is 19.6 Å². The van der Waals surface area contributed by atoms with Crippen LogP contribution in [0.2, 0.25) is 0 Å². The molecule has 0 fully saturated rings. The maximum Gasteiger partial charge on any atom is 0.272 e. The number of aromatic nitrogens is 1. The second-order valence-corrected chi connectivity index (χ2v) is 5.13. The van der Waals surface area contributed by atoms with E-state index in [1.807, 2.05) is 23.6 Å². The minimum atomic E-state index is -0.418. The van der Waals surface area contributed by atoms with Crippen LogP contribution in [0.5, 0.6) is 0 Å². The molecule has 0 aliphatic heterocycles. The normalized spacial score (nSPS) is 10.7. The van der Waals surface area contributed by atoms with Crippen molar-refractivity contribution in [3.05, 3.63) is 58.4 Å². The fraction of sp³-hybridized carbons (Fsp3) is 0. The predicted molar refractivity (Wildman–Crippen MR) is 77.6 cm³/mol. The average Bonchev–Trinajstić information content (AvgIpc) is 3.13. The van der Waals surface area contributed by atoms with Crippen LogP contribution in [0.1, 0.15) is 20.0 Å². The molecule has 0 aliphatic carbocycles. The van der Waals surface area contributed by atoms with Crippen LogP contribution in [0.3, 0.4) is 0 Å². The standard InChI is InChI=1S/C14H11N3O2S/c15-16-13(18)10-8-17(11-5-2-1-4-9(10)11)14(19)12-6-3-7-20-12/h1-8H,15H2,(H,16,18). The van der Waals surface area contributed by atoms with Gasteiger partial charge in [0.05, 0.1) is 16.0 Å². The maximum atomic E-state index is 12.5. The van der Waals surface area contributed by atoms with E-state index in [1.54, 1.807) is 18.2 Å². The van der Waals surface area contributed by atoms with Crippen LogP contribution in [-0.2, 0) is 0 Å². The minimum absolute atomic E-state index is 0.160. The van der Waals surface area contributed by atoms with Gasteiger partial charge in [-0.1, -0.05) is 24.3 Å². The summed E-state index contributed by atoms with van der Waals surface area (Å²) in [6.07, 6.45) is 1.52. The molecule has 1 amide bonds. The van der Waals surface area contributed by atoms with Crippen molar-refractivity contribution in [2.75, 3.05) is 0 Å². The monoisotopic (exact) mass is 285 g/mol. The van der Waals surface area contributed by atoms with Gasteiger partial charge in [0.1, 0.15) is 0 Å². The quantitative estimate of drug-likeness (QED) is 0.429. The van der Waals surface area contributed by atoms with E-state index >= 15 is 0 Å². The van der Waals surface area contributed by atoms with E-state index in [-0.39, 0.29) is 5.91 Å². The lowest BCUT2D eigenvalue weighted by molar-refractivity contribution is 0.0955. The molecule has 3 rings (SSSR count). The molecule has 0 bridgehead atoms. The number of hydrogen-bond donors (Lipinski definition) is 2. The molecule has 0 radical (unpaired) electrons. The van der Waals surface area contributed by atoms with Crippen molar-refractivity contribution in [3.63, 3.8) is 0 Å². The Labute approximate surface area is 118 Å². The number of carbonyl (C=O) groups excluding carboxylic acids is 2. The first-order chi connectivity index (χ1) is 9.72.